The van der Waals surface area contributed by atoms with Crippen LogP contribution < -0.4 is 4.74 Å². The van der Waals surface area contributed by atoms with E-state index >= 15 is 0 Å². The Morgan fingerprint density at radius 3 is 2.92 bits per heavy atom. The fourth-order valence-electron chi connectivity index (χ4n) is 0.905. The van der Waals surface area contributed by atoms with Crippen LogP contribution in [0, 0.1) is 0 Å². The molecule has 2 nitrogen and oxygen atoms in total. The number of alkyl halides is 1. The van der Waals surface area contributed by atoms with E-state index in [1.54, 1.807) is 19.1 Å². The number of hydrogen-bond acceptors (Lipinski definition) is 2. The highest BCUT2D eigenvalue weighted by molar-refractivity contribution is 6.19. The number of hydrogen-bond donors (Lipinski definition) is 1. The van der Waals surface area contributed by atoms with E-state index in [1.807, 2.05) is 12.1 Å². The van der Waals surface area contributed by atoms with Gasteiger partial charge >= 0.3 is 0 Å². The summed E-state index contributed by atoms with van der Waals surface area (Å²) in [5, 5.41) is 8.81. The zero-order chi connectivity index (χ0) is 8.97. The molecule has 0 aliphatic carbocycles. The van der Waals surface area contributed by atoms with Gasteiger partial charge in [0.05, 0.1) is 6.61 Å². The second-order valence-electron chi connectivity index (χ2n) is 2.47. The van der Waals surface area contributed by atoms with Crippen LogP contribution in [0.1, 0.15) is 12.5 Å². The molecular formula is C9H11ClO2. The summed E-state index contributed by atoms with van der Waals surface area (Å²) in [4.78, 5) is 0. The normalized spacial score (nSPS) is 12.6. The van der Waals surface area contributed by atoms with Crippen molar-refractivity contribution in [3.8, 4) is 5.75 Å². The summed E-state index contributed by atoms with van der Waals surface area (Å²) < 4.78 is 5.21. The molecule has 0 heterocycles. The minimum Gasteiger partial charge on any atom is -0.475 e. The van der Waals surface area contributed by atoms with Crippen LogP contribution in [0.5, 0.6) is 5.75 Å². The Morgan fingerprint density at radius 2 is 2.33 bits per heavy atom. The van der Waals surface area contributed by atoms with Gasteiger partial charge in [0.1, 0.15) is 5.75 Å². The predicted octanol–water partition coefficient (Wildman–Crippen LogP) is 2.14. The molecule has 0 aliphatic rings. The summed E-state index contributed by atoms with van der Waals surface area (Å²) in [7, 11) is 0. The standard InChI is InChI=1S/C9H11ClO2/c1-7(10)12-9-4-2-3-8(5-9)6-11/h2-5,7,11H,6H2,1H3. The van der Waals surface area contributed by atoms with Gasteiger partial charge in [0, 0.05) is 0 Å². The molecule has 1 unspecified atom stereocenters. The van der Waals surface area contributed by atoms with Crippen molar-refractivity contribution in [1.82, 2.24) is 0 Å². The molecule has 0 aliphatic heterocycles. The summed E-state index contributed by atoms with van der Waals surface area (Å²) >= 11 is 5.62. The van der Waals surface area contributed by atoms with Crippen molar-refractivity contribution in [1.29, 1.82) is 0 Å². The van der Waals surface area contributed by atoms with Crippen LogP contribution in [0.15, 0.2) is 24.3 Å². The van der Waals surface area contributed by atoms with Crippen LogP contribution in [0.25, 0.3) is 0 Å². The van der Waals surface area contributed by atoms with Gasteiger partial charge in [0.25, 0.3) is 0 Å². The molecule has 0 fully saturated rings. The number of ether oxygens (including phenoxy) is 1. The van der Waals surface area contributed by atoms with E-state index in [9.17, 15) is 0 Å². The molecule has 66 valence electrons. The van der Waals surface area contributed by atoms with E-state index < -0.39 is 0 Å². The van der Waals surface area contributed by atoms with Gasteiger partial charge in [-0.2, -0.15) is 0 Å². The molecule has 0 spiro atoms. The van der Waals surface area contributed by atoms with Crippen molar-refractivity contribution in [3.63, 3.8) is 0 Å². The van der Waals surface area contributed by atoms with Crippen molar-refractivity contribution >= 4 is 11.6 Å². The first kappa shape index (κ1) is 9.36. The molecule has 0 saturated carbocycles. The zero-order valence-electron chi connectivity index (χ0n) is 6.83. The van der Waals surface area contributed by atoms with E-state index in [0.717, 1.165) is 5.56 Å². The number of benzene rings is 1. The number of aliphatic hydroxyl groups excluding tert-OH is 1. The van der Waals surface area contributed by atoms with Crippen LogP contribution >= 0.6 is 11.6 Å². The first-order valence-electron chi connectivity index (χ1n) is 3.73. The molecule has 1 aromatic rings. The third kappa shape index (κ3) is 2.72. The van der Waals surface area contributed by atoms with Gasteiger partial charge in [-0.3, -0.25) is 0 Å². The van der Waals surface area contributed by atoms with Crippen molar-refractivity contribution in [2.75, 3.05) is 0 Å². The molecule has 1 atom stereocenters. The molecule has 1 rings (SSSR count). The monoisotopic (exact) mass is 186 g/mol. The second kappa shape index (κ2) is 4.33. The third-order valence-electron chi connectivity index (χ3n) is 1.38. The molecule has 0 bridgehead atoms. The highest BCUT2D eigenvalue weighted by Crippen LogP contribution is 2.15. The van der Waals surface area contributed by atoms with Crippen LogP contribution in [-0.2, 0) is 6.61 Å². The summed E-state index contributed by atoms with van der Waals surface area (Å²) in [5.41, 5.74) is 0.476. The SMILES string of the molecule is CC(Cl)Oc1cccc(CO)c1. The maximum absolute atomic E-state index is 8.81. The summed E-state index contributed by atoms with van der Waals surface area (Å²) in [5.74, 6) is 0.684. The maximum atomic E-state index is 8.81. The first-order valence-corrected chi connectivity index (χ1v) is 4.16. The Balaban J connectivity index is 2.72. The van der Waals surface area contributed by atoms with E-state index in [-0.39, 0.29) is 12.2 Å². The van der Waals surface area contributed by atoms with Crippen LogP contribution in [0.3, 0.4) is 0 Å². The highest BCUT2D eigenvalue weighted by Gasteiger charge is 1.98. The minimum atomic E-state index is -0.348. The van der Waals surface area contributed by atoms with E-state index in [4.69, 9.17) is 21.4 Å². The van der Waals surface area contributed by atoms with E-state index in [2.05, 4.69) is 0 Å². The lowest BCUT2D eigenvalue weighted by atomic mass is 10.2. The van der Waals surface area contributed by atoms with E-state index in [0.29, 0.717) is 5.75 Å². The second-order valence-corrected chi connectivity index (χ2v) is 3.08. The third-order valence-corrected chi connectivity index (χ3v) is 1.47. The number of aliphatic hydroxyl groups is 1. The minimum absolute atomic E-state index is 0.0217. The van der Waals surface area contributed by atoms with Gasteiger partial charge in [-0.05, 0) is 24.6 Å². The van der Waals surface area contributed by atoms with Crippen LogP contribution in [0.2, 0.25) is 0 Å². The largest absolute Gasteiger partial charge is 0.475 e. The fourth-order valence-corrected chi connectivity index (χ4v) is 1.01. The molecule has 1 N–H and O–H groups in total. The van der Waals surface area contributed by atoms with Gasteiger partial charge < -0.3 is 9.84 Å². The Bertz CT molecular complexity index is 248. The number of halogens is 1. The van der Waals surface area contributed by atoms with Crippen LogP contribution in [-0.4, -0.2) is 10.7 Å². The average molecular weight is 187 g/mol. The van der Waals surface area contributed by atoms with E-state index in [1.165, 1.54) is 0 Å². The lowest BCUT2D eigenvalue weighted by Crippen LogP contribution is -2.02. The Labute approximate surface area is 76.7 Å². The molecular weight excluding hydrogens is 176 g/mol. The smallest absolute Gasteiger partial charge is 0.169 e. The van der Waals surface area contributed by atoms with Crippen LogP contribution in [0.4, 0.5) is 0 Å². The summed E-state index contributed by atoms with van der Waals surface area (Å²) in [6.45, 7) is 1.76. The average Bonchev–Trinajstić information content (AvgIpc) is 2.03. The molecule has 12 heavy (non-hydrogen) atoms. The molecule has 0 amide bonds. The van der Waals surface area contributed by atoms with Gasteiger partial charge in [-0.15, -0.1) is 0 Å². The lowest BCUT2D eigenvalue weighted by molar-refractivity contribution is 0.277. The highest BCUT2D eigenvalue weighted by atomic mass is 35.5. The van der Waals surface area contributed by atoms with Gasteiger partial charge in [-0.25, -0.2) is 0 Å². The summed E-state index contributed by atoms with van der Waals surface area (Å²) in [6, 6.07) is 7.21. The molecule has 0 aromatic heterocycles. The topological polar surface area (TPSA) is 29.5 Å². The molecule has 3 heteroatoms. The van der Waals surface area contributed by atoms with Gasteiger partial charge in [0.2, 0.25) is 0 Å². The van der Waals surface area contributed by atoms with Crippen molar-refractivity contribution < 1.29 is 9.84 Å². The summed E-state index contributed by atoms with van der Waals surface area (Å²) in [6.07, 6.45) is 0. The van der Waals surface area contributed by atoms with Crippen molar-refractivity contribution in [2.45, 2.75) is 19.1 Å². The van der Waals surface area contributed by atoms with Gasteiger partial charge in [-0.1, -0.05) is 23.7 Å². The fraction of sp³-hybridized carbons (Fsp3) is 0.333. The maximum Gasteiger partial charge on any atom is 0.169 e. The predicted molar refractivity (Wildman–Crippen MR) is 48.3 cm³/mol. The Kier molecular flexibility index (Phi) is 3.38. The molecule has 1 aromatic carbocycles. The zero-order valence-corrected chi connectivity index (χ0v) is 7.58. The Morgan fingerprint density at radius 1 is 1.58 bits per heavy atom. The Hall–Kier alpha value is -0.730. The first-order chi connectivity index (χ1) is 5.72. The number of rotatable bonds is 3. The van der Waals surface area contributed by atoms with Crippen molar-refractivity contribution in [3.05, 3.63) is 29.8 Å². The molecule has 0 saturated heterocycles. The van der Waals surface area contributed by atoms with Gasteiger partial charge in [0.15, 0.2) is 5.56 Å². The molecule has 0 radical (unpaired) electrons. The quantitative estimate of drug-likeness (QED) is 0.733. The van der Waals surface area contributed by atoms with Crippen molar-refractivity contribution in [2.24, 2.45) is 0 Å². The lowest BCUT2D eigenvalue weighted by Gasteiger charge is -2.08.